The van der Waals surface area contributed by atoms with Crippen LogP contribution in [0.3, 0.4) is 0 Å². The average molecular weight is 260 g/mol. The number of halogens is 4. The van der Waals surface area contributed by atoms with Gasteiger partial charge in [-0.3, -0.25) is 0 Å². The minimum atomic E-state index is -4.37. The molecule has 1 atom stereocenters. The molecule has 12 heavy (non-hydrogen) atoms. The molecule has 1 aromatic heterocycles. The van der Waals surface area contributed by atoms with Gasteiger partial charge in [-0.2, -0.15) is 24.5 Å². The Morgan fingerprint density at radius 2 is 2.00 bits per heavy atom. The van der Waals surface area contributed by atoms with Crippen LogP contribution in [-0.2, 0) is 0 Å². The maximum Gasteiger partial charge on any atom is 0.407 e. The molecule has 0 aliphatic heterocycles. The number of thiophene rings is 1. The van der Waals surface area contributed by atoms with E-state index in [1.165, 1.54) is 16.7 Å². The first-order valence-corrected chi connectivity index (χ1v) is 4.70. The summed E-state index contributed by atoms with van der Waals surface area (Å²) >= 11 is 4.17. The normalized spacial score (nSPS) is 14.8. The zero-order chi connectivity index (χ0) is 9.35. The Balaban J connectivity index is 2.92. The Kier molecular flexibility index (Phi) is 2.80. The molecular weight excluding hydrogens is 255 g/mol. The van der Waals surface area contributed by atoms with Crippen molar-refractivity contribution >= 4 is 27.3 Å². The molecule has 0 aliphatic rings. The molecule has 0 aromatic carbocycles. The van der Waals surface area contributed by atoms with Gasteiger partial charge in [0.2, 0.25) is 0 Å². The second-order valence-corrected chi connectivity index (χ2v) is 3.79. The van der Waals surface area contributed by atoms with Crippen LogP contribution in [0.4, 0.5) is 13.2 Å². The van der Waals surface area contributed by atoms with Crippen molar-refractivity contribution in [2.45, 2.75) is 12.2 Å². The van der Waals surface area contributed by atoms with Crippen LogP contribution >= 0.6 is 27.3 Å². The lowest BCUT2D eigenvalue weighted by atomic mass is 10.1. The fraction of sp³-hybridized carbons (Fsp3) is 0.333. The molecule has 1 aromatic rings. The van der Waals surface area contributed by atoms with E-state index < -0.39 is 12.2 Å². The molecular formula is C6H5BrF3NS. The van der Waals surface area contributed by atoms with Gasteiger partial charge in [0.05, 0.1) is 0 Å². The molecule has 2 N–H and O–H groups in total. The summed E-state index contributed by atoms with van der Waals surface area (Å²) in [7, 11) is 0. The van der Waals surface area contributed by atoms with Gasteiger partial charge < -0.3 is 5.73 Å². The van der Waals surface area contributed by atoms with E-state index in [9.17, 15) is 13.2 Å². The van der Waals surface area contributed by atoms with Crippen LogP contribution in [0, 0.1) is 0 Å². The first-order valence-electron chi connectivity index (χ1n) is 2.97. The predicted molar refractivity (Wildman–Crippen MR) is 45.0 cm³/mol. The van der Waals surface area contributed by atoms with Crippen molar-refractivity contribution in [3.8, 4) is 0 Å². The molecule has 0 radical (unpaired) electrons. The summed E-state index contributed by atoms with van der Waals surface area (Å²) in [6.07, 6.45) is -4.37. The third-order valence-corrected chi connectivity index (χ3v) is 3.08. The first kappa shape index (κ1) is 10.0. The summed E-state index contributed by atoms with van der Waals surface area (Å²) in [5, 5.41) is 2.96. The highest BCUT2D eigenvalue weighted by molar-refractivity contribution is 9.10. The van der Waals surface area contributed by atoms with Crippen molar-refractivity contribution in [2.24, 2.45) is 5.73 Å². The molecule has 1 nitrogen and oxygen atoms in total. The summed E-state index contributed by atoms with van der Waals surface area (Å²) in [5.74, 6) is 0. The monoisotopic (exact) mass is 259 g/mol. The van der Waals surface area contributed by atoms with Gasteiger partial charge in [0.25, 0.3) is 0 Å². The van der Waals surface area contributed by atoms with Crippen LogP contribution in [0.25, 0.3) is 0 Å². The summed E-state index contributed by atoms with van der Waals surface area (Å²) in [4.78, 5) is 0. The molecule has 6 heteroatoms. The van der Waals surface area contributed by atoms with Gasteiger partial charge in [-0.25, -0.2) is 0 Å². The second kappa shape index (κ2) is 3.35. The standard InChI is InChI=1S/C6H5BrF3NS/c7-4-2-12-1-3(4)5(11)6(8,9)10/h1-2,5H,11H2/t5-/m0/s1. The summed E-state index contributed by atoms with van der Waals surface area (Å²) in [6, 6.07) is -1.89. The van der Waals surface area contributed by atoms with E-state index in [1.54, 1.807) is 5.38 Å². The summed E-state index contributed by atoms with van der Waals surface area (Å²) in [6.45, 7) is 0. The number of hydrogen-bond acceptors (Lipinski definition) is 2. The van der Waals surface area contributed by atoms with Gasteiger partial charge in [-0.15, -0.1) is 0 Å². The fourth-order valence-electron chi connectivity index (χ4n) is 0.690. The van der Waals surface area contributed by atoms with Crippen LogP contribution in [-0.4, -0.2) is 6.18 Å². The molecule has 0 unspecified atom stereocenters. The van der Waals surface area contributed by atoms with Crippen molar-refractivity contribution in [3.05, 3.63) is 20.8 Å². The van der Waals surface area contributed by atoms with E-state index in [1.807, 2.05) is 0 Å². The third kappa shape index (κ3) is 1.99. The SMILES string of the molecule is N[C@@H](c1cscc1Br)C(F)(F)F. The molecule has 1 rings (SSSR count). The highest BCUT2D eigenvalue weighted by atomic mass is 79.9. The van der Waals surface area contributed by atoms with Crippen molar-refractivity contribution in [2.75, 3.05) is 0 Å². The van der Waals surface area contributed by atoms with Crippen LogP contribution < -0.4 is 5.73 Å². The number of alkyl halides is 3. The molecule has 0 saturated carbocycles. The largest absolute Gasteiger partial charge is 0.407 e. The topological polar surface area (TPSA) is 26.0 Å². The molecule has 0 amide bonds. The Morgan fingerprint density at radius 3 is 2.33 bits per heavy atom. The average Bonchev–Trinajstić information content (AvgIpc) is 2.31. The lowest BCUT2D eigenvalue weighted by molar-refractivity contribution is -0.149. The summed E-state index contributed by atoms with van der Waals surface area (Å²) in [5.41, 5.74) is 5.06. The molecule has 68 valence electrons. The van der Waals surface area contributed by atoms with Crippen LogP contribution in [0.1, 0.15) is 11.6 Å². The van der Waals surface area contributed by atoms with Gasteiger partial charge in [0, 0.05) is 15.4 Å². The van der Waals surface area contributed by atoms with E-state index in [4.69, 9.17) is 5.73 Å². The zero-order valence-electron chi connectivity index (χ0n) is 5.73. The highest BCUT2D eigenvalue weighted by Crippen LogP contribution is 2.35. The third-order valence-electron chi connectivity index (χ3n) is 1.33. The van der Waals surface area contributed by atoms with Gasteiger partial charge in [0.1, 0.15) is 6.04 Å². The lowest BCUT2D eigenvalue weighted by Gasteiger charge is -2.14. The van der Waals surface area contributed by atoms with Crippen LogP contribution in [0.15, 0.2) is 15.2 Å². The zero-order valence-corrected chi connectivity index (χ0v) is 8.13. The Labute approximate surface area is 79.5 Å². The molecule has 1 heterocycles. The van der Waals surface area contributed by atoms with E-state index in [0.29, 0.717) is 4.47 Å². The van der Waals surface area contributed by atoms with Crippen LogP contribution in [0.2, 0.25) is 0 Å². The fourth-order valence-corrected chi connectivity index (χ4v) is 2.27. The number of rotatable bonds is 1. The Hall–Kier alpha value is -0.0700. The molecule has 0 spiro atoms. The van der Waals surface area contributed by atoms with E-state index in [-0.39, 0.29) is 5.56 Å². The van der Waals surface area contributed by atoms with Gasteiger partial charge in [-0.05, 0) is 21.3 Å². The summed E-state index contributed by atoms with van der Waals surface area (Å²) < 4.78 is 36.6. The predicted octanol–water partition coefficient (Wildman–Crippen LogP) is 3.07. The maximum absolute atomic E-state index is 12.1. The molecule has 0 aliphatic carbocycles. The number of hydrogen-bond donors (Lipinski definition) is 1. The molecule has 0 fully saturated rings. The molecule has 0 bridgehead atoms. The van der Waals surface area contributed by atoms with Crippen molar-refractivity contribution in [1.82, 2.24) is 0 Å². The first-order chi connectivity index (χ1) is 5.43. The second-order valence-electron chi connectivity index (χ2n) is 2.19. The van der Waals surface area contributed by atoms with Crippen LogP contribution in [0.5, 0.6) is 0 Å². The van der Waals surface area contributed by atoms with Gasteiger partial charge in [-0.1, -0.05) is 0 Å². The lowest BCUT2D eigenvalue weighted by Crippen LogP contribution is -2.28. The van der Waals surface area contributed by atoms with Gasteiger partial charge >= 0.3 is 6.18 Å². The minimum Gasteiger partial charge on any atom is -0.316 e. The quantitative estimate of drug-likeness (QED) is 0.825. The highest BCUT2D eigenvalue weighted by Gasteiger charge is 2.38. The maximum atomic E-state index is 12.1. The van der Waals surface area contributed by atoms with Crippen molar-refractivity contribution in [1.29, 1.82) is 0 Å². The molecule has 0 saturated heterocycles. The van der Waals surface area contributed by atoms with E-state index in [2.05, 4.69) is 15.9 Å². The Morgan fingerprint density at radius 1 is 1.42 bits per heavy atom. The van der Waals surface area contributed by atoms with Crippen molar-refractivity contribution < 1.29 is 13.2 Å². The van der Waals surface area contributed by atoms with E-state index >= 15 is 0 Å². The van der Waals surface area contributed by atoms with Crippen molar-refractivity contribution in [3.63, 3.8) is 0 Å². The number of nitrogens with two attached hydrogens (primary N) is 1. The van der Waals surface area contributed by atoms with Gasteiger partial charge in [0.15, 0.2) is 0 Å². The smallest absolute Gasteiger partial charge is 0.316 e. The minimum absolute atomic E-state index is 0.0903. The van der Waals surface area contributed by atoms with E-state index in [0.717, 1.165) is 0 Å². The Bertz CT molecular complexity index is 270.